The maximum Gasteiger partial charge on any atom is 0.293 e. The minimum absolute atomic E-state index is 0.0177. The van der Waals surface area contributed by atoms with Crippen molar-refractivity contribution in [3.8, 4) is 11.5 Å². The number of H-pyrrole nitrogens is 1. The second-order valence-electron chi connectivity index (χ2n) is 15.1. The van der Waals surface area contributed by atoms with Gasteiger partial charge in [0.1, 0.15) is 22.8 Å². The Morgan fingerprint density at radius 3 is 2.65 bits per heavy atom. The molecule has 3 aliphatic rings. The van der Waals surface area contributed by atoms with Gasteiger partial charge in [-0.3, -0.25) is 19.8 Å². The first-order valence-corrected chi connectivity index (χ1v) is 21.1. The van der Waals surface area contributed by atoms with Crippen molar-refractivity contribution in [1.29, 1.82) is 0 Å². The summed E-state index contributed by atoms with van der Waals surface area (Å²) in [6.07, 6.45) is 13.4. The lowest BCUT2D eigenvalue weighted by Crippen LogP contribution is -2.40. The Bertz CT molecular complexity index is 2390. The number of aromatic nitrogens is 2. The van der Waals surface area contributed by atoms with Crippen LogP contribution in [0.2, 0.25) is 0 Å². The molecule has 2 atom stereocenters. The zero-order valence-electron chi connectivity index (χ0n) is 31.6. The van der Waals surface area contributed by atoms with Gasteiger partial charge in [-0.25, -0.2) is 18.1 Å². The predicted octanol–water partition coefficient (Wildman–Crippen LogP) is 7.86. The first-order valence-electron chi connectivity index (χ1n) is 19.6. The molecule has 2 unspecified atom stereocenters. The SMILES string of the molecule is O=C(NS(=O)(=O)c1ccc(NCC2CCOCC2)c([N+](=O)[O-])c1)c1ccc(C2=CCC(N3CCCC3Cc3ccccc3)CC2)cc1Oc1cnc2[nH]ccc2c1. The van der Waals surface area contributed by atoms with Gasteiger partial charge >= 0.3 is 0 Å². The van der Waals surface area contributed by atoms with Crippen molar-refractivity contribution in [3.05, 3.63) is 124 Å². The summed E-state index contributed by atoms with van der Waals surface area (Å²) in [5.41, 5.74) is 3.82. The lowest BCUT2D eigenvalue weighted by molar-refractivity contribution is -0.384. The van der Waals surface area contributed by atoms with E-state index < -0.39 is 31.4 Å². The third-order valence-electron chi connectivity index (χ3n) is 11.4. The summed E-state index contributed by atoms with van der Waals surface area (Å²) in [7, 11) is -4.53. The minimum atomic E-state index is -4.53. The summed E-state index contributed by atoms with van der Waals surface area (Å²) in [4.78, 5) is 35.0. The van der Waals surface area contributed by atoms with Gasteiger partial charge in [-0.15, -0.1) is 0 Å². The van der Waals surface area contributed by atoms with Gasteiger partial charge in [0.15, 0.2) is 0 Å². The first kappa shape index (κ1) is 38.3. The summed E-state index contributed by atoms with van der Waals surface area (Å²) >= 11 is 0. The third kappa shape index (κ3) is 8.88. The summed E-state index contributed by atoms with van der Waals surface area (Å²) in [5.74, 6) is -0.135. The fourth-order valence-corrected chi connectivity index (χ4v) is 9.33. The van der Waals surface area contributed by atoms with Crippen LogP contribution < -0.4 is 14.8 Å². The van der Waals surface area contributed by atoms with Gasteiger partial charge in [-0.05, 0) is 117 Å². The Balaban J connectivity index is 1.02. The quantitative estimate of drug-likeness (QED) is 0.0789. The number of rotatable bonds is 13. The molecule has 1 aliphatic carbocycles. The van der Waals surface area contributed by atoms with Gasteiger partial charge in [0.25, 0.3) is 21.6 Å². The van der Waals surface area contributed by atoms with Crippen LogP contribution >= 0.6 is 0 Å². The zero-order chi connectivity index (χ0) is 39.4. The molecular formula is C43H46N6O7S. The molecule has 0 saturated carbocycles. The van der Waals surface area contributed by atoms with E-state index in [1.54, 1.807) is 24.4 Å². The average Bonchev–Trinajstić information content (AvgIpc) is 3.90. The van der Waals surface area contributed by atoms with E-state index in [0.717, 1.165) is 67.7 Å². The van der Waals surface area contributed by atoms with E-state index in [1.807, 2.05) is 12.1 Å². The number of aromatic amines is 1. The fraction of sp³-hybridized carbons (Fsp3) is 0.349. The topological polar surface area (TPSA) is 169 Å². The van der Waals surface area contributed by atoms with Crippen molar-refractivity contribution < 1.29 is 27.6 Å². The third-order valence-corrected chi connectivity index (χ3v) is 12.7. The Morgan fingerprint density at radius 2 is 1.86 bits per heavy atom. The molecule has 0 radical (unpaired) electrons. The molecule has 1 amide bonds. The van der Waals surface area contributed by atoms with Gasteiger partial charge in [0, 0.05) is 49.5 Å². The van der Waals surface area contributed by atoms with Crippen LogP contribution in [0.1, 0.15) is 66.4 Å². The lowest BCUT2D eigenvalue weighted by atomic mass is 9.88. The highest BCUT2D eigenvalue weighted by Crippen LogP contribution is 2.37. The van der Waals surface area contributed by atoms with Crippen molar-refractivity contribution in [3.63, 3.8) is 0 Å². The molecule has 0 bridgehead atoms. The normalized spacial score (nSPS) is 19.3. The van der Waals surface area contributed by atoms with E-state index in [9.17, 15) is 23.3 Å². The van der Waals surface area contributed by atoms with Crippen LogP contribution in [0.3, 0.4) is 0 Å². The summed E-state index contributed by atoms with van der Waals surface area (Å²) in [6.45, 7) is 2.85. The number of pyridine rings is 1. The van der Waals surface area contributed by atoms with E-state index in [2.05, 4.69) is 61.3 Å². The molecule has 8 rings (SSSR count). The van der Waals surface area contributed by atoms with Gasteiger partial charge in [0.2, 0.25) is 0 Å². The summed E-state index contributed by atoms with van der Waals surface area (Å²) in [6, 6.07) is 24.0. The highest BCUT2D eigenvalue weighted by atomic mass is 32.2. The molecule has 3 aromatic carbocycles. The van der Waals surface area contributed by atoms with Crippen molar-refractivity contribution in [2.24, 2.45) is 5.92 Å². The molecule has 296 valence electrons. The average molecular weight is 791 g/mol. The van der Waals surface area contributed by atoms with E-state index >= 15 is 0 Å². The maximum atomic E-state index is 13.9. The van der Waals surface area contributed by atoms with Gasteiger partial charge in [0.05, 0.1) is 21.6 Å². The molecular weight excluding hydrogens is 745 g/mol. The number of benzene rings is 3. The number of carbonyl (C=O) groups excluding carboxylic acids is 1. The molecule has 5 aromatic rings. The summed E-state index contributed by atoms with van der Waals surface area (Å²) in [5, 5.41) is 15.9. The molecule has 4 heterocycles. The maximum absolute atomic E-state index is 13.9. The van der Waals surface area contributed by atoms with E-state index in [-0.39, 0.29) is 22.9 Å². The number of amides is 1. The standard InChI is InChI=1S/C43H46N6O7S/c50-43(47-57(53,54)37-13-15-39(40(26-37)49(51)52)45-27-30-17-21-55-22-18-30)38-14-10-32(25-41(38)56-36-24-33-16-19-44-42(33)46-28-36)31-8-11-34(12-9-31)48-20-4-7-35(48)23-29-5-2-1-3-6-29/h1-3,5-6,8,10,13-16,19,24-26,28,30,34-35,45H,4,7,9,11-12,17-18,20-23,27H2,(H,44,46)(H,47,50). The van der Waals surface area contributed by atoms with E-state index in [4.69, 9.17) is 9.47 Å². The number of hydrogen-bond donors (Lipinski definition) is 3. The lowest BCUT2D eigenvalue weighted by Gasteiger charge is -2.35. The van der Waals surface area contributed by atoms with Crippen LogP contribution in [0.5, 0.6) is 11.5 Å². The van der Waals surface area contributed by atoms with Crippen molar-refractivity contribution in [2.75, 3.05) is 31.6 Å². The number of hydrogen-bond acceptors (Lipinski definition) is 10. The van der Waals surface area contributed by atoms with E-state index in [1.165, 1.54) is 36.7 Å². The van der Waals surface area contributed by atoms with E-state index in [0.29, 0.717) is 43.2 Å². The summed E-state index contributed by atoms with van der Waals surface area (Å²) < 4.78 is 41.1. The Labute approximate surface area is 331 Å². The number of nitrogens with zero attached hydrogens (tertiary/aromatic N) is 3. The molecule has 2 aromatic heterocycles. The number of fused-ring (bicyclic) bond motifs is 1. The number of nitrogens with one attached hydrogen (secondary N) is 3. The van der Waals surface area contributed by atoms with Gasteiger partial charge in [-0.1, -0.05) is 42.5 Å². The molecule has 2 saturated heterocycles. The number of nitro groups is 1. The number of carbonyl (C=O) groups is 1. The number of sulfonamides is 1. The Hall–Kier alpha value is -5.57. The molecule has 2 fully saturated rings. The van der Waals surface area contributed by atoms with Crippen LogP contribution in [0.15, 0.2) is 102 Å². The van der Waals surface area contributed by atoms with Crippen LogP contribution in [-0.4, -0.2) is 72.5 Å². The predicted molar refractivity (Wildman–Crippen MR) is 218 cm³/mol. The zero-order valence-corrected chi connectivity index (χ0v) is 32.4. The van der Waals surface area contributed by atoms with Crippen LogP contribution in [0.4, 0.5) is 11.4 Å². The number of allylic oxidation sites excluding steroid dienone is 1. The highest BCUT2D eigenvalue weighted by molar-refractivity contribution is 7.90. The monoisotopic (exact) mass is 790 g/mol. The van der Waals surface area contributed by atoms with Gasteiger partial charge < -0.3 is 19.8 Å². The molecule has 2 aliphatic heterocycles. The highest BCUT2D eigenvalue weighted by Gasteiger charge is 2.32. The molecule has 14 heteroatoms. The number of anilines is 1. The van der Waals surface area contributed by atoms with Crippen molar-refractivity contribution >= 4 is 43.9 Å². The second-order valence-corrected chi connectivity index (χ2v) is 16.8. The molecule has 13 nitrogen and oxygen atoms in total. The molecule has 3 N–H and O–H groups in total. The minimum Gasteiger partial charge on any atom is -0.455 e. The number of ether oxygens (including phenoxy) is 2. The van der Waals surface area contributed by atoms with Crippen LogP contribution in [-0.2, 0) is 21.2 Å². The molecule has 0 spiro atoms. The smallest absolute Gasteiger partial charge is 0.293 e. The Morgan fingerprint density at radius 1 is 1.02 bits per heavy atom. The van der Waals surface area contributed by atoms with Crippen LogP contribution in [0.25, 0.3) is 16.6 Å². The van der Waals surface area contributed by atoms with Crippen LogP contribution in [0, 0.1) is 16.0 Å². The van der Waals surface area contributed by atoms with Gasteiger partial charge in [-0.2, -0.15) is 0 Å². The Kier molecular flexibility index (Phi) is 11.3. The fourth-order valence-electron chi connectivity index (χ4n) is 8.34. The number of nitro benzene ring substituents is 1. The van der Waals surface area contributed by atoms with Crippen molar-refractivity contribution in [2.45, 2.75) is 68.3 Å². The van der Waals surface area contributed by atoms with Crippen molar-refractivity contribution in [1.82, 2.24) is 19.6 Å². The number of likely N-dealkylation sites (tertiary alicyclic amines) is 1. The second kappa shape index (κ2) is 16.9. The first-order chi connectivity index (χ1) is 27.7. The molecule has 57 heavy (non-hydrogen) atoms. The largest absolute Gasteiger partial charge is 0.455 e.